The van der Waals surface area contributed by atoms with Gasteiger partial charge >= 0.3 is 0 Å². The molecule has 0 amide bonds. The summed E-state index contributed by atoms with van der Waals surface area (Å²) in [5.41, 5.74) is 2.83. The molecule has 1 aliphatic heterocycles. The SMILES string of the molecule is CCNCC1NCCc2ccc(OC)cc21. The summed E-state index contributed by atoms with van der Waals surface area (Å²) in [4.78, 5) is 0. The number of benzene rings is 1. The van der Waals surface area contributed by atoms with Crippen molar-refractivity contribution in [1.82, 2.24) is 10.6 Å². The molecule has 16 heavy (non-hydrogen) atoms. The van der Waals surface area contributed by atoms with Gasteiger partial charge in [-0.15, -0.1) is 0 Å². The van der Waals surface area contributed by atoms with Gasteiger partial charge in [0.25, 0.3) is 0 Å². The van der Waals surface area contributed by atoms with Crippen LogP contribution in [0.5, 0.6) is 5.75 Å². The predicted molar refractivity (Wildman–Crippen MR) is 66.0 cm³/mol. The lowest BCUT2D eigenvalue weighted by Gasteiger charge is -2.27. The Kier molecular flexibility index (Phi) is 3.80. The van der Waals surface area contributed by atoms with Crippen LogP contribution in [-0.4, -0.2) is 26.7 Å². The van der Waals surface area contributed by atoms with Crippen LogP contribution in [0.3, 0.4) is 0 Å². The summed E-state index contributed by atoms with van der Waals surface area (Å²) in [7, 11) is 1.72. The number of nitrogens with one attached hydrogen (secondary N) is 2. The van der Waals surface area contributed by atoms with E-state index < -0.39 is 0 Å². The summed E-state index contributed by atoms with van der Waals surface area (Å²) < 4.78 is 5.28. The van der Waals surface area contributed by atoms with Gasteiger partial charge in [-0.3, -0.25) is 0 Å². The van der Waals surface area contributed by atoms with E-state index in [9.17, 15) is 0 Å². The summed E-state index contributed by atoms with van der Waals surface area (Å²) in [6.07, 6.45) is 1.11. The van der Waals surface area contributed by atoms with Crippen molar-refractivity contribution >= 4 is 0 Å². The van der Waals surface area contributed by atoms with Crippen LogP contribution in [0.2, 0.25) is 0 Å². The van der Waals surface area contributed by atoms with Crippen LogP contribution in [0.25, 0.3) is 0 Å². The van der Waals surface area contributed by atoms with Crippen LogP contribution in [0.4, 0.5) is 0 Å². The van der Waals surface area contributed by atoms with Crippen LogP contribution in [0, 0.1) is 0 Å². The first-order chi connectivity index (χ1) is 7.85. The number of rotatable bonds is 4. The molecule has 0 saturated heterocycles. The molecule has 1 aromatic rings. The van der Waals surface area contributed by atoms with Gasteiger partial charge in [0, 0.05) is 12.6 Å². The van der Waals surface area contributed by atoms with E-state index >= 15 is 0 Å². The molecule has 2 rings (SSSR count). The van der Waals surface area contributed by atoms with Crippen molar-refractivity contribution in [2.75, 3.05) is 26.7 Å². The highest BCUT2D eigenvalue weighted by Crippen LogP contribution is 2.26. The first kappa shape index (κ1) is 11.4. The summed E-state index contributed by atoms with van der Waals surface area (Å²) in [5.74, 6) is 0.948. The highest BCUT2D eigenvalue weighted by Gasteiger charge is 2.19. The Balaban J connectivity index is 2.21. The van der Waals surface area contributed by atoms with Crippen molar-refractivity contribution in [2.45, 2.75) is 19.4 Å². The van der Waals surface area contributed by atoms with Crippen LogP contribution in [-0.2, 0) is 6.42 Å². The van der Waals surface area contributed by atoms with Gasteiger partial charge in [-0.25, -0.2) is 0 Å². The quantitative estimate of drug-likeness (QED) is 0.806. The van der Waals surface area contributed by atoms with Gasteiger partial charge in [-0.2, -0.15) is 0 Å². The molecule has 2 N–H and O–H groups in total. The maximum atomic E-state index is 5.28. The van der Waals surface area contributed by atoms with E-state index in [0.717, 1.165) is 31.8 Å². The summed E-state index contributed by atoms with van der Waals surface area (Å²) >= 11 is 0. The molecule has 1 aliphatic rings. The maximum absolute atomic E-state index is 5.28. The average molecular weight is 220 g/mol. The van der Waals surface area contributed by atoms with E-state index in [0.29, 0.717) is 6.04 Å². The monoisotopic (exact) mass is 220 g/mol. The molecule has 0 fully saturated rings. The van der Waals surface area contributed by atoms with Crippen LogP contribution < -0.4 is 15.4 Å². The highest BCUT2D eigenvalue weighted by atomic mass is 16.5. The molecule has 0 saturated carbocycles. The minimum absolute atomic E-state index is 0.416. The Morgan fingerprint density at radius 1 is 1.50 bits per heavy atom. The van der Waals surface area contributed by atoms with Crippen LogP contribution >= 0.6 is 0 Å². The van der Waals surface area contributed by atoms with Gasteiger partial charge in [0.15, 0.2) is 0 Å². The van der Waals surface area contributed by atoms with E-state index in [1.54, 1.807) is 7.11 Å². The van der Waals surface area contributed by atoms with Crippen molar-refractivity contribution in [1.29, 1.82) is 0 Å². The first-order valence-electron chi connectivity index (χ1n) is 5.96. The molecule has 1 aromatic carbocycles. The minimum Gasteiger partial charge on any atom is -0.497 e. The van der Waals surface area contributed by atoms with Crippen molar-refractivity contribution in [3.05, 3.63) is 29.3 Å². The number of methoxy groups -OCH3 is 1. The first-order valence-corrected chi connectivity index (χ1v) is 5.96. The molecule has 0 aromatic heterocycles. The number of fused-ring (bicyclic) bond motifs is 1. The molecule has 1 atom stereocenters. The second-order valence-corrected chi connectivity index (χ2v) is 4.13. The van der Waals surface area contributed by atoms with E-state index in [4.69, 9.17) is 4.74 Å². The van der Waals surface area contributed by atoms with E-state index in [-0.39, 0.29) is 0 Å². The lowest BCUT2D eigenvalue weighted by atomic mass is 9.94. The van der Waals surface area contributed by atoms with Crippen molar-refractivity contribution in [2.24, 2.45) is 0 Å². The third-order valence-electron chi connectivity index (χ3n) is 3.11. The Labute approximate surface area is 97.2 Å². The topological polar surface area (TPSA) is 33.3 Å². The standard InChI is InChI=1S/C13H20N2O/c1-3-14-9-13-12-8-11(16-2)5-4-10(12)6-7-15-13/h4-5,8,13-15H,3,6-7,9H2,1-2H3. The fourth-order valence-corrected chi connectivity index (χ4v) is 2.21. The zero-order chi connectivity index (χ0) is 11.4. The molecule has 88 valence electrons. The summed E-state index contributed by atoms with van der Waals surface area (Å²) in [6.45, 7) is 5.19. The molecule has 0 aliphatic carbocycles. The Hall–Kier alpha value is -1.06. The Morgan fingerprint density at radius 2 is 2.38 bits per heavy atom. The minimum atomic E-state index is 0.416. The molecule has 3 heteroatoms. The van der Waals surface area contributed by atoms with E-state index in [1.807, 2.05) is 0 Å². The largest absolute Gasteiger partial charge is 0.497 e. The van der Waals surface area contributed by atoms with Gasteiger partial charge in [0.05, 0.1) is 7.11 Å². The second kappa shape index (κ2) is 5.32. The third kappa shape index (κ3) is 2.36. The maximum Gasteiger partial charge on any atom is 0.119 e. The van der Waals surface area contributed by atoms with E-state index in [1.165, 1.54) is 11.1 Å². The lowest BCUT2D eigenvalue weighted by Crippen LogP contribution is -2.36. The average Bonchev–Trinajstić information content (AvgIpc) is 2.35. The zero-order valence-electron chi connectivity index (χ0n) is 10.0. The van der Waals surface area contributed by atoms with Gasteiger partial charge in [-0.1, -0.05) is 13.0 Å². The molecule has 0 radical (unpaired) electrons. The van der Waals surface area contributed by atoms with Crippen molar-refractivity contribution < 1.29 is 4.74 Å². The fourth-order valence-electron chi connectivity index (χ4n) is 2.21. The zero-order valence-corrected chi connectivity index (χ0v) is 10.0. The predicted octanol–water partition coefficient (Wildman–Crippen LogP) is 1.49. The van der Waals surface area contributed by atoms with Crippen molar-refractivity contribution in [3.8, 4) is 5.75 Å². The third-order valence-corrected chi connectivity index (χ3v) is 3.11. The molecule has 0 bridgehead atoms. The molecule has 1 heterocycles. The molecular formula is C13H20N2O. The van der Waals surface area contributed by atoms with Gasteiger partial charge in [-0.05, 0) is 42.8 Å². The number of hydrogen-bond donors (Lipinski definition) is 2. The summed E-state index contributed by atoms with van der Waals surface area (Å²) in [6, 6.07) is 6.81. The number of hydrogen-bond acceptors (Lipinski definition) is 3. The Morgan fingerprint density at radius 3 is 3.12 bits per heavy atom. The van der Waals surface area contributed by atoms with Crippen LogP contribution in [0.15, 0.2) is 18.2 Å². The second-order valence-electron chi connectivity index (χ2n) is 4.13. The van der Waals surface area contributed by atoms with Crippen LogP contribution in [0.1, 0.15) is 24.1 Å². The number of likely N-dealkylation sites (N-methyl/N-ethyl adjacent to an activating group) is 1. The number of ether oxygens (including phenoxy) is 1. The van der Waals surface area contributed by atoms with Gasteiger partial charge < -0.3 is 15.4 Å². The smallest absolute Gasteiger partial charge is 0.119 e. The molecule has 0 spiro atoms. The van der Waals surface area contributed by atoms with Gasteiger partial charge in [0.2, 0.25) is 0 Å². The van der Waals surface area contributed by atoms with Gasteiger partial charge in [0.1, 0.15) is 5.75 Å². The summed E-state index contributed by atoms with van der Waals surface area (Å²) in [5, 5.41) is 6.94. The Bertz CT molecular complexity index is 352. The van der Waals surface area contributed by atoms with E-state index in [2.05, 4.69) is 35.8 Å². The molecular weight excluding hydrogens is 200 g/mol. The fraction of sp³-hybridized carbons (Fsp3) is 0.538. The highest BCUT2D eigenvalue weighted by molar-refractivity contribution is 5.39. The molecule has 3 nitrogen and oxygen atoms in total. The van der Waals surface area contributed by atoms with Crippen molar-refractivity contribution in [3.63, 3.8) is 0 Å². The normalized spacial score (nSPS) is 19.2. The lowest BCUT2D eigenvalue weighted by molar-refractivity contribution is 0.410. The molecule has 1 unspecified atom stereocenters.